The molecule has 1 atom stereocenters. The number of hydrogen-bond acceptors (Lipinski definition) is 2. The number of benzene rings is 3. The van der Waals surface area contributed by atoms with Crippen molar-refractivity contribution in [1.29, 1.82) is 0 Å². The van der Waals surface area contributed by atoms with E-state index in [0.717, 1.165) is 28.0 Å². The minimum Gasteiger partial charge on any atom is -0.342 e. The van der Waals surface area contributed by atoms with Crippen LogP contribution in [-0.4, -0.2) is 15.9 Å². The van der Waals surface area contributed by atoms with Crippen molar-refractivity contribution < 1.29 is 4.79 Å². The van der Waals surface area contributed by atoms with Crippen LogP contribution in [0.3, 0.4) is 0 Å². The van der Waals surface area contributed by atoms with Gasteiger partial charge < -0.3 is 10.3 Å². The molecule has 2 N–H and O–H groups in total. The number of amides is 1. The van der Waals surface area contributed by atoms with Crippen LogP contribution in [0.4, 0.5) is 0 Å². The molecule has 3 aromatic carbocycles. The molecule has 0 saturated carbocycles. The average Bonchev–Trinajstić information content (AvgIpc) is 3.11. The van der Waals surface area contributed by atoms with Crippen LogP contribution in [0.15, 0.2) is 84.9 Å². The molecule has 4 nitrogen and oxygen atoms in total. The van der Waals surface area contributed by atoms with Crippen LogP contribution in [0.2, 0.25) is 0 Å². The van der Waals surface area contributed by atoms with Crippen LogP contribution >= 0.6 is 0 Å². The monoisotopic (exact) mass is 341 g/mol. The topological polar surface area (TPSA) is 57.8 Å². The van der Waals surface area contributed by atoms with Crippen molar-refractivity contribution in [2.24, 2.45) is 0 Å². The average molecular weight is 341 g/mol. The van der Waals surface area contributed by atoms with Crippen LogP contribution in [0.5, 0.6) is 0 Å². The lowest BCUT2D eigenvalue weighted by Gasteiger charge is -2.17. The molecule has 26 heavy (non-hydrogen) atoms. The quantitative estimate of drug-likeness (QED) is 0.576. The van der Waals surface area contributed by atoms with E-state index < -0.39 is 0 Å². The van der Waals surface area contributed by atoms with Gasteiger partial charge in [0.1, 0.15) is 11.9 Å². The van der Waals surface area contributed by atoms with Crippen molar-refractivity contribution in [3.63, 3.8) is 0 Å². The first-order valence-corrected chi connectivity index (χ1v) is 8.62. The highest BCUT2D eigenvalue weighted by atomic mass is 16.1. The Morgan fingerprint density at radius 3 is 2.27 bits per heavy atom. The fourth-order valence-electron chi connectivity index (χ4n) is 3.06. The Kier molecular flexibility index (Phi) is 4.48. The van der Waals surface area contributed by atoms with Crippen molar-refractivity contribution in [3.05, 3.63) is 102 Å². The molecule has 0 unspecified atom stereocenters. The summed E-state index contributed by atoms with van der Waals surface area (Å²) in [5.74, 6) is 0.698. The highest BCUT2D eigenvalue weighted by Gasteiger charge is 2.20. The van der Waals surface area contributed by atoms with Crippen molar-refractivity contribution >= 4 is 16.9 Å². The van der Waals surface area contributed by atoms with E-state index in [1.807, 2.05) is 84.9 Å². The number of imidazole rings is 1. The van der Waals surface area contributed by atoms with Crippen molar-refractivity contribution in [1.82, 2.24) is 15.3 Å². The molecule has 0 aliphatic carbocycles. The van der Waals surface area contributed by atoms with Crippen LogP contribution in [0, 0.1) is 0 Å². The first-order chi connectivity index (χ1) is 12.8. The molecule has 0 aliphatic heterocycles. The second-order valence-corrected chi connectivity index (χ2v) is 6.21. The normalized spacial score (nSPS) is 12.0. The number of fused-ring (bicyclic) bond motifs is 1. The van der Waals surface area contributed by atoms with Gasteiger partial charge in [0, 0.05) is 0 Å². The zero-order chi connectivity index (χ0) is 17.8. The lowest BCUT2D eigenvalue weighted by Crippen LogP contribution is -2.31. The summed E-state index contributed by atoms with van der Waals surface area (Å²) in [5.41, 5.74) is 3.83. The molecule has 0 fully saturated rings. The molecule has 4 heteroatoms. The molecule has 1 heterocycles. The van der Waals surface area contributed by atoms with Crippen LogP contribution in [-0.2, 0) is 11.2 Å². The lowest BCUT2D eigenvalue weighted by molar-refractivity contribution is -0.121. The zero-order valence-corrected chi connectivity index (χ0v) is 14.2. The number of aromatic amines is 1. The smallest absolute Gasteiger partial charge is 0.225 e. The Morgan fingerprint density at radius 1 is 0.885 bits per heavy atom. The maximum Gasteiger partial charge on any atom is 0.225 e. The number of nitrogens with zero attached hydrogens (tertiary/aromatic N) is 1. The van der Waals surface area contributed by atoms with Crippen molar-refractivity contribution in [2.45, 2.75) is 12.5 Å². The van der Waals surface area contributed by atoms with Gasteiger partial charge in [0.15, 0.2) is 0 Å². The summed E-state index contributed by atoms with van der Waals surface area (Å²) >= 11 is 0. The summed E-state index contributed by atoms with van der Waals surface area (Å²) in [6.45, 7) is 0. The van der Waals surface area contributed by atoms with E-state index in [1.54, 1.807) is 0 Å². The highest BCUT2D eigenvalue weighted by Crippen LogP contribution is 2.22. The molecule has 4 rings (SSSR count). The molecule has 4 aromatic rings. The third kappa shape index (κ3) is 3.49. The number of nitrogens with one attached hydrogen (secondary N) is 2. The molecular formula is C22H19N3O. The summed E-state index contributed by atoms with van der Waals surface area (Å²) < 4.78 is 0. The number of carbonyl (C=O) groups excluding carboxylic acids is 1. The molecule has 1 aromatic heterocycles. The van der Waals surface area contributed by atoms with E-state index in [-0.39, 0.29) is 11.9 Å². The van der Waals surface area contributed by atoms with Gasteiger partial charge >= 0.3 is 0 Å². The van der Waals surface area contributed by atoms with Gasteiger partial charge in [-0.25, -0.2) is 4.98 Å². The Balaban J connectivity index is 1.64. The highest BCUT2D eigenvalue weighted by molar-refractivity contribution is 5.80. The van der Waals surface area contributed by atoms with Crippen LogP contribution in [0.25, 0.3) is 11.0 Å². The Morgan fingerprint density at radius 2 is 1.54 bits per heavy atom. The summed E-state index contributed by atoms with van der Waals surface area (Å²) in [4.78, 5) is 20.6. The predicted molar refractivity (Wildman–Crippen MR) is 103 cm³/mol. The number of aromatic nitrogens is 2. The van der Waals surface area contributed by atoms with Gasteiger partial charge in [0.2, 0.25) is 5.91 Å². The molecule has 1 amide bonds. The SMILES string of the molecule is O=C(Cc1ccccc1)N[C@@H](c1ccccc1)c1nc2ccccc2[nH]1. The molecule has 0 radical (unpaired) electrons. The van der Waals surface area contributed by atoms with Gasteiger partial charge in [-0.2, -0.15) is 0 Å². The molecule has 128 valence electrons. The van der Waals surface area contributed by atoms with Gasteiger partial charge in [0.05, 0.1) is 17.5 Å². The second kappa shape index (κ2) is 7.23. The Bertz CT molecular complexity index is 976. The molecule has 0 aliphatic rings. The fraction of sp³-hybridized carbons (Fsp3) is 0.0909. The molecule has 0 spiro atoms. The summed E-state index contributed by atoms with van der Waals surface area (Å²) in [5, 5.41) is 3.13. The van der Waals surface area contributed by atoms with Gasteiger partial charge in [-0.05, 0) is 23.3 Å². The minimum absolute atomic E-state index is 0.0366. The maximum atomic E-state index is 12.6. The predicted octanol–water partition coefficient (Wildman–Crippen LogP) is 4.01. The first kappa shape index (κ1) is 16.1. The molecule has 0 saturated heterocycles. The van der Waals surface area contributed by atoms with E-state index in [0.29, 0.717) is 6.42 Å². The second-order valence-electron chi connectivity index (χ2n) is 6.21. The van der Waals surface area contributed by atoms with Gasteiger partial charge in [-0.15, -0.1) is 0 Å². The Labute approximate surface area is 151 Å². The van der Waals surface area contributed by atoms with E-state index >= 15 is 0 Å². The van der Waals surface area contributed by atoms with Gasteiger partial charge in [-0.1, -0.05) is 72.8 Å². The largest absolute Gasteiger partial charge is 0.342 e. The Hall–Kier alpha value is -3.40. The zero-order valence-electron chi connectivity index (χ0n) is 14.2. The third-order valence-electron chi connectivity index (χ3n) is 4.33. The van der Waals surface area contributed by atoms with Crippen LogP contribution < -0.4 is 5.32 Å². The van der Waals surface area contributed by atoms with E-state index in [2.05, 4.69) is 15.3 Å². The molecule has 0 bridgehead atoms. The van der Waals surface area contributed by atoms with E-state index in [1.165, 1.54) is 0 Å². The molecular weight excluding hydrogens is 322 g/mol. The fourth-order valence-corrected chi connectivity index (χ4v) is 3.06. The van der Waals surface area contributed by atoms with E-state index in [9.17, 15) is 4.79 Å². The number of hydrogen-bond donors (Lipinski definition) is 2. The van der Waals surface area contributed by atoms with Gasteiger partial charge in [-0.3, -0.25) is 4.79 Å². The maximum absolute atomic E-state index is 12.6. The summed E-state index contributed by atoms with van der Waals surface area (Å²) in [7, 11) is 0. The van der Waals surface area contributed by atoms with Crippen molar-refractivity contribution in [2.75, 3.05) is 0 Å². The van der Waals surface area contributed by atoms with Crippen LogP contribution in [0.1, 0.15) is 23.0 Å². The first-order valence-electron chi connectivity index (χ1n) is 8.62. The third-order valence-corrected chi connectivity index (χ3v) is 4.33. The van der Waals surface area contributed by atoms with Crippen molar-refractivity contribution in [3.8, 4) is 0 Å². The number of H-pyrrole nitrogens is 1. The number of para-hydroxylation sites is 2. The lowest BCUT2D eigenvalue weighted by atomic mass is 10.1. The number of rotatable bonds is 5. The summed E-state index contributed by atoms with van der Waals surface area (Å²) in [6, 6.07) is 27.2. The van der Waals surface area contributed by atoms with E-state index in [4.69, 9.17) is 0 Å². The summed E-state index contributed by atoms with van der Waals surface area (Å²) in [6.07, 6.45) is 0.338. The van der Waals surface area contributed by atoms with Gasteiger partial charge in [0.25, 0.3) is 0 Å². The standard InChI is InChI=1S/C22H19N3O/c26-20(15-16-9-3-1-4-10-16)25-21(17-11-5-2-6-12-17)22-23-18-13-7-8-14-19(18)24-22/h1-14,21H,15H2,(H,23,24)(H,25,26)/t21-/m0/s1. The number of carbonyl (C=O) groups is 1. The minimum atomic E-state index is -0.320.